The van der Waals surface area contributed by atoms with E-state index in [1.165, 1.54) is 17.3 Å². The Bertz CT molecular complexity index is 598. The molecule has 1 saturated heterocycles. The smallest absolute Gasteiger partial charge is 0.366 e. The topological polar surface area (TPSA) is 65.2 Å². The van der Waals surface area contributed by atoms with Gasteiger partial charge in [-0.1, -0.05) is 0 Å². The maximum absolute atomic E-state index is 12.3. The number of nitrogens with zero attached hydrogens (tertiary/aromatic N) is 1. The lowest BCUT2D eigenvalue weighted by Crippen LogP contribution is -2.36. The van der Waals surface area contributed by atoms with Crippen LogP contribution in [0, 0.1) is 12.8 Å². The Balaban J connectivity index is 1.85. The van der Waals surface area contributed by atoms with Crippen LogP contribution in [0.3, 0.4) is 0 Å². The molecule has 0 radical (unpaired) electrons. The number of hydrogen-bond donors (Lipinski definition) is 2. The third kappa shape index (κ3) is 4.33. The molecule has 5 nitrogen and oxygen atoms in total. The number of alkyl halides is 3. The number of halogens is 3. The lowest BCUT2D eigenvalue weighted by Gasteiger charge is -2.18. The average Bonchev–Trinajstić information content (AvgIpc) is 2.84. The third-order valence-corrected chi connectivity index (χ3v) is 3.70. The van der Waals surface area contributed by atoms with Crippen molar-refractivity contribution in [3.05, 3.63) is 33.7 Å². The second kappa shape index (κ2) is 6.51. The lowest BCUT2D eigenvalue weighted by molar-refractivity contribution is -0.143. The fourth-order valence-corrected chi connectivity index (χ4v) is 2.57. The molecule has 1 aromatic rings. The first-order valence-electron chi connectivity index (χ1n) is 7.01. The number of carbonyl (C=O) groups is 1. The van der Waals surface area contributed by atoms with Crippen LogP contribution in [0.15, 0.2) is 17.2 Å². The van der Waals surface area contributed by atoms with Crippen molar-refractivity contribution >= 4 is 5.91 Å². The summed E-state index contributed by atoms with van der Waals surface area (Å²) in [5.74, 6) is -0.533. The molecule has 0 saturated carbocycles. The summed E-state index contributed by atoms with van der Waals surface area (Å²) in [5, 5.41) is 2.63. The van der Waals surface area contributed by atoms with Gasteiger partial charge in [0.05, 0.1) is 6.54 Å². The SMILES string of the molecule is Cc1c[nH]cc(C(=O)NCC2CCN(CC(F)(F)F)C2)c1=O. The summed E-state index contributed by atoms with van der Waals surface area (Å²) in [6.07, 6.45) is -0.770. The summed E-state index contributed by atoms with van der Waals surface area (Å²) < 4.78 is 36.9. The Hall–Kier alpha value is -1.83. The van der Waals surface area contributed by atoms with E-state index in [0.29, 0.717) is 25.1 Å². The molecule has 22 heavy (non-hydrogen) atoms. The largest absolute Gasteiger partial charge is 0.401 e. The van der Waals surface area contributed by atoms with Crippen molar-refractivity contribution in [2.45, 2.75) is 19.5 Å². The Morgan fingerprint density at radius 1 is 1.45 bits per heavy atom. The number of aryl methyl sites for hydroxylation is 1. The average molecular weight is 317 g/mol. The number of rotatable bonds is 4. The highest BCUT2D eigenvalue weighted by Crippen LogP contribution is 2.22. The van der Waals surface area contributed by atoms with Crippen LogP contribution in [0.25, 0.3) is 0 Å². The Labute approximate surface area is 125 Å². The number of aromatic amines is 1. The van der Waals surface area contributed by atoms with Crippen LogP contribution in [0.2, 0.25) is 0 Å². The van der Waals surface area contributed by atoms with Crippen molar-refractivity contribution in [3.8, 4) is 0 Å². The van der Waals surface area contributed by atoms with Gasteiger partial charge in [-0.15, -0.1) is 0 Å². The third-order valence-electron chi connectivity index (χ3n) is 3.70. The van der Waals surface area contributed by atoms with Crippen LogP contribution in [-0.2, 0) is 0 Å². The van der Waals surface area contributed by atoms with Gasteiger partial charge in [0.1, 0.15) is 5.56 Å². The minimum absolute atomic E-state index is 0.0187. The zero-order valence-electron chi connectivity index (χ0n) is 12.2. The predicted molar refractivity (Wildman–Crippen MR) is 74.7 cm³/mol. The van der Waals surface area contributed by atoms with Gasteiger partial charge in [-0.3, -0.25) is 14.5 Å². The first-order chi connectivity index (χ1) is 10.3. The standard InChI is InChI=1S/C14H18F3N3O2/c1-9-4-18-6-11(12(9)21)13(22)19-5-10-2-3-20(7-10)8-14(15,16)17/h4,6,10H,2-3,5,7-8H2,1H3,(H,18,21)(H,19,22). The number of pyridine rings is 1. The van der Waals surface area contributed by atoms with Crippen molar-refractivity contribution in [2.75, 3.05) is 26.2 Å². The number of nitrogens with one attached hydrogen (secondary N) is 2. The predicted octanol–water partition coefficient (Wildman–Crippen LogP) is 1.30. The first kappa shape index (κ1) is 16.5. The van der Waals surface area contributed by atoms with E-state index in [9.17, 15) is 22.8 Å². The van der Waals surface area contributed by atoms with Gasteiger partial charge in [0.25, 0.3) is 5.91 Å². The quantitative estimate of drug-likeness (QED) is 0.880. The Morgan fingerprint density at radius 3 is 2.86 bits per heavy atom. The molecule has 8 heteroatoms. The Kier molecular flexibility index (Phi) is 4.90. The molecular formula is C14H18F3N3O2. The molecule has 1 fully saturated rings. The van der Waals surface area contributed by atoms with Gasteiger partial charge in [-0.05, 0) is 25.8 Å². The highest BCUT2D eigenvalue weighted by Gasteiger charge is 2.34. The second-order valence-electron chi connectivity index (χ2n) is 5.60. The van der Waals surface area contributed by atoms with Gasteiger partial charge in [0.2, 0.25) is 0 Å². The van der Waals surface area contributed by atoms with Gasteiger partial charge in [0.15, 0.2) is 5.43 Å². The highest BCUT2D eigenvalue weighted by molar-refractivity contribution is 5.93. The summed E-state index contributed by atoms with van der Waals surface area (Å²) in [5.41, 5.74) is 0.108. The highest BCUT2D eigenvalue weighted by atomic mass is 19.4. The van der Waals surface area contributed by atoms with Crippen LogP contribution >= 0.6 is 0 Å². The molecular weight excluding hydrogens is 299 g/mol. The van der Waals surface area contributed by atoms with E-state index in [0.717, 1.165) is 0 Å². The summed E-state index contributed by atoms with van der Waals surface area (Å²) >= 11 is 0. The molecule has 2 rings (SSSR count). The molecule has 1 amide bonds. The monoisotopic (exact) mass is 317 g/mol. The minimum atomic E-state index is -4.20. The fraction of sp³-hybridized carbons (Fsp3) is 0.571. The summed E-state index contributed by atoms with van der Waals surface area (Å²) in [4.78, 5) is 27.8. The van der Waals surface area contributed by atoms with Gasteiger partial charge in [0, 0.05) is 31.0 Å². The second-order valence-corrected chi connectivity index (χ2v) is 5.60. The molecule has 1 atom stereocenters. The van der Waals surface area contributed by atoms with Crippen LogP contribution in [0.4, 0.5) is 13.2 Å². The van der Waals surface area contributed by atoms with Crippen LogP contribution < -0.4 is 10.7 Å². The molecule has 122 valence electrons. The number of carbonyl (C=O) groups excluding carboxylic acids is 1. The zero-order chi connectivity index (χ0) is 16.3. The van der Waals surface area contributed by atoms with Gasteiger partial charge in [-0.2, -0.15) is 13.2 Å². The van der Waals surface area contributed by atoms with Gasteiger partial charge in [-0.25, -0.2) is 0 Å². The number of likely N-dealkylation sites (tertiary alicyclic amines) is 1. The van der Waals surface area contributed by atoms with E-state index < -0.39 is 18.6 Å². The molecule has 1 aliphatic heterocycles. The molecule has 0 spiro atoms. The number of H-pyrrole nitrogens is 1. The van der Waals surface area contributed by atoms with Gasteiger partial charge >= 0.3 is 6.18 Å². The molecule has 1 aromatic heterocycles. The van der Waals surface area contributed by atoms with Crippen LogP contribution in [0.1, 0.15) is 22.3 Å². The van der Waals surface area contributed by atoms with E-state index in [1.54, 1.807) is 6.92 Å². The van der Waals surface area contributed by atoms with E-state index in [-0.39, 0.29) is 23.5 Å². The number of hydrogen-bond acceptors (Lipinski definition) is 3. The van der Waals surface area contributed by atoms with Crippen molar-refractivity contribution in [1.82, 2.24) is 15.2 Å². The van der Waals surface area contributed by atoms with E-state index in [4.69, 9.17) is 0 Å². The summed E-state index contributed by atoms with van der Waals surface area (Å²) in [7, 11) is 0. The summed E-state index contributed by atoms with van der Waals surface area (Å²) in [6, 6.07) is 0. The van der Waals surface area contributed by atoms with E-state index >= 15 is 0 Å². The maximum atomic E-state index is 12.3. The van der Waals surface area contributed by atoms with Crippen molar-refractivity contribution in [3.63, 3.8) is 0 Å². The summed E-state index contributed by atoms with van der Waals surface area (Å²) in [6.45, 7) is 1.60. The minimum Gasteiger partial charge on any atom is -0.366 e. The molecule has 0 aromatic carbocycles. The first-order valence-corrected chi connectivity index (χ1v) is 7.01. The molecule has 1 unspecified atom stereocenters. The Morgan fingerprint density at radius 2 is 2.18 bits per heavy atom. The van der Waals surface area contributed by atoms with Crippen molar-refractivity contribution < 1.29 is 18.0 Å². The fourth-order valence-electron chi connectivity index (χ4n) is 2.57. The molecule has 0 aliphatic carbocycles. The molecule has 2 N–H and O–H groups in total. The van der Waals surface area contributed by atoms with Crippen molar-refractivity contribution in [2.24, 2.45) is 5.92 Å². The molecule has 1 aliphatic rings. The molecule has 2 heterocycles. The lowest BCUT2D eigenvalue weighted by atomic mass is 10.1. The van der Waals surface area contributed by atoms with E-state index in [1.807, 2.05) is 0 Å². The maximum Gasteiger partial charge on any atom is 0.401 e. The normalized spacial score (nSPS) is 19.4. The zero-order valence-corrected chi connectivity index (χ0v) is 12.2. The molecule has 0 bridgehead atoms. The van der Waals surface area contributed by atoms with Crippen molar-refractivity contribution in [1.29, 1.82) is 0 Å². The number of aromatic nitrogens is 1. The van der Waals surface area contributed by atoms with Gasteiger partial charge < -0.3 is 10.3 Å². The van der Waals surface area contributed by atoms with Crippen LogP contribution in [-0.4, -0.2) is 48.1 Å². The van der Waals surface area contributed by atoms with E-state index in [2.05, 4.69) is 10.3 Å². The van der Waals surface area contributed by atoms with Crippen LogP contribution in [0.5, 0.6) is 0 Å². The number of amides is 1.